The number of carbonyl (C=O) groups excluding carboxylic acids is 2. The quantitative estimate of drug-likeness (QED) is 0.551. The number of methoxy groups -OCH3 is 2. The number of aryl methyl sites for hydroxylation is 1. The van der Waals surface area contributed by atoms with E-state index in [-0.39, 0.29) is 18.1 Å². The number of carbonyl (C=O) groups is 2. The lowest BCUT2D eigenvalue weighted by Gasteiger charge is -2.34. The van der Waals surface area contributed by atoms with E-state index in [2.05, 4.69) is 14.8 Å². The summed E-state index contributed by atoms with van der Waals surface area (Å²) in [5.74, 6) is -0.0985. The number of halogens is 1. The van der Waals surface area contributed by atoms with Gasteiger partial charge in [0.1, 0.15) is 11.6 Å². The van der Waals surface area contributed by atoms with Gasteiger partial charge in [0, 0.05) is 44.0 Å². The van der Waals surface area contributed by atoms with Crippen LogP contribution < -0.4 is 4.74 Å². The van der Waals surface area contributed by atoms with E-state index in [1.165, 1.54) is 19.2 Å². The smallest absolute Gasteiger partial charge is 0.339 e. The van der Waals surface area contributed by atoms with Crippen molar-refractivity contribution < 1.29 is 23.5 Å². The van der Waals surface area contributed by atoms with Crippen LogP contribution >= 0.6 is 0 Å². The molecule has 1 aliphatic rings. The predicted molar refractivity (Wildman–Crippen MR) is 111 cm³/mol. The van der Waals surface area contributed by atoms with Gasteiger partial charge < -0.3 is 14.5 Å². The summed E-state index contributed by atoms with van der Waals surface area (Å²) in [6.07, 6.45) is 0. The average Bonchev–Trinajstić information content (AvgIpc) is 3.03. The molecule has 1 saturated heterocycles. The second-order valence-corrected chi connectivity index (χ2v) is 7.55. The van der Waals surface area contributed by atoms with Crippen molar-refractivity contribution >= 4 is 11.8 Å². The summed E-state index contributed by atoms with van der Waals surface area (Å²) < 4.78 is 23.7. The van der Waals surface area contributed by atoms with E-state index in [4.69, 9.17) is 9.47 Å². The summed E-state index contributed by atoms with van der Waals surface area (Å²) in [6, 6.07) is 4.54. The minimum absolute atomic E-state index is 0.0500. The van der Waals surface area contributed by atoms with Gasteiger partial charge in [0.05, 0.1) is 32.0 Å². The van der Waals surface area contributed by atoms with E-state index >= 15 is 0 Å². The van der Waals surface area contributed by atoms with Crippen LogP contribution in [0.3, 0.4) is 0 Å². The molecular formula is C22H28FN3O4. The number of hydrogen-bond donors (Lipinski definition) is 1. The van der Waals surface area contributed by atoms with E-state index in [1.54, 1.807) is 27.0 Å². The molecule has 1 N–H and O–H groups in total. The van der Waals surface area contributed by atoms with Crippen LogP contribution in [0.1, 0.15) is 37.7 Å². The standard InChI is InChI=1S/C22H28FN3O4/c1-14-20(22(28)30-4)15(2)24-21(14)18(27)13-26-9-7-25(8-10-26)12-16-11-17(23)5-6-19(16)29-3/h5-6,11,24H,7-10,12-13H2,1-4H3. The molecule has 3 rings (SSSR count). The molecule has 0 amide bonds. The van der Waals surface area contributed by atoms with Crippen LogP contribution in [0.25, 0.3) is 0 Å². The van der Waals surface area contributed by atoms with Crippen molar-refractivity contribution in [1.82, 2.24) is 14.8 Å². The second-order valence-electron chi connectivity index (χ2n) is 7.55. The van der Waals surface area contributed by atoms with Crippen molar-refractivity contribution in [1.29, 1.82) is 0 Å². The largest absolute Gasteiger partial charge is 0.496 e. The Bertz CT molecular complexity index is 933. The summed E-state index contributed by atoms with van der Waals surface area (Å²) in [4.78, 5) is 32.1. The van der Waals surface area contributed by atoms with E-state index in [0.717, 1.165) is 31.7 Å². The third kappa shape index (κ3) is 4.71. The first-order chi connectivity index (χ1) is 14.3. The maximum Gasteiger partial charge on any atom is 0.339 e. The molecule has 1 aliphatic heterocycles. The van der Waals surface area contributed by atoms with Gasteiger partial charge in [-0.1, -0.05) is 0 Å². The monoisotopic (exact) mass is 417 g/mol. The molecule has 0 bridgehead atoms. The van der Waals surface area contributed by atoms with Crippen LogP contribution in [-0.4, -0.2) is 73.5 Å². The minimum atomic E-state index is -0.443. The number of nitrogens with zero attached hydrogens (tertiary/aromatic N) is 2. The van der Waals surface area contributed by atoms with E-state index in [9.17, 15) is 14.0 Å². The number of aromatic amines is 1. The van der Waals surface area contributed by atoms with E-state index in [0.29, 0.717) is 34.8 Å². The number of esters is 1. The molecule has 1 aromatic carbocycles. The number of ether oxygens (including phenoxy) is 2. The summed E-state index contributed by atoms with van der Waals surface area (Å²) in [7, 11) is 2.91. The Morgan fingerprint density at radius 2 is 1.77 bits per heavy atom. The molecule has 2 aromatic rings. The zero-order chi connectivity index (χ0) is 21.8. The average molecular weight is 417 g/mol. The van der Waals surface area contributed by atoms with Crippen molar-refractivity contribution in [2.45, 2.75) is 20.4 Å². The Labute approximate surface area is 175 Å². The SMILES string of the molecule is COC(=O)c1c(C)[nH]c(C(=O)CN2CCN(Cc3cc(F)ccc3OC)CC2)c1C. The van der Waals surface area contributed by atoms with Gasteiger partial charge in [0.25, 0.3) is 0 Å². The molecule has 0 saturated carbocycles. The van der Waals surface area contributed by atoms with Crippen molar-refractivity contribution in [2.75, 3.05) is 46.9 Å². The zero-order valence-corrected chi connectivity index (χ0v) is 17.9. The molecule has 2 heterocycles. The Morgan fingerprint density at radius 3 is 2.40 bits per heavy atom. The first-order valence-electron chi connectivity index (χ1n) is 9.91. The lowest BCUT2D eigenvalue weighted by Crippen LogP contribution is -2.47. The Balaban J connectivity index is 1.58. The third-order valence-corrected chi connectivity index (χ3v) is 5.57. The molecule has 0 atom stereocenters. The topological polar surface area (TPSA) is 74.9 Å². The molecule has 0 radical (unpaired) electrons. The molecule has 7 nitrogen and oxygen atoms in total. The van der Waals surface area contributed by atoms with Gasteiger partial charge in [-0.05, 0) is 37.6 Å². The molecule has 0 spiro atoms. The Morgan fingerprint density at radius 1 is 1.10 bits per heavy atom. The van der Waals surface area contributed by atoms with Crippen molar-refractivity contribution in [3.8, 4) is 5.75 Å². The lowest BCUT2D eigenvalue weighted by atomic mass is 10.1. The molecule has 30 heavy (non-hydrogen) atoms. The van der Waals surface area contributed by atoms with Gasteiger partial charge in [-0.25, -0.2) is 9.18 Å². The van der Waals surface area contributed by atoms with Crippen LogP contribution in [0, 0.1) is 19.7 Å². The van der Waals surface area contributed by atoms with Gasteiger partial charge in [0.15, 0.2) is 5.78 Å². The minimum Gasteiger partial charge on any atom is -0.496 e. The van der Waals surface area contributed by atoms with E-state index in [1.807, 2.05) is 0 Å². The van der Waals surface area contributed by atoms with Crippen LogP contribution in [-0.2, 0) is 11.3 Å². The first kappa shape index (κ1) is 22.0. The van der Waals surface area contributed by atoms with Gasteiger partial charge >= 0.3 is 5.97 Å². The number of piperazine rings is 1. The van der Waals surface area contributed by atoms with Crippen molar-refractivity contribution in [2.24, 2.45) is 0 Å². The number of H-pyrrole nitrogens is 1. The van der Waals surface area contributed by atoms with Crippen LogP contribution in [0.4, 0.5) is 4.39 Å². The Kier molecular flexibility index (Phi) is 6.89. The molecule has 8 heteroatoms. The third-order valence-electron chi connectivity index (χ3n) is 5.57. The fourth-order valence-corrected chi connectivity index (χ4v) is 3.94. The maximum atomic E-state index is 13.6. The van der Waals surface area contributed by atoms with Crippen molar-refractivity contribution in [3.05, 3.63) is 52.1 Å². The highest BCUT2D eigenvalue weighted by Gasteiger charge is 2.25. The zero-order valence-electron chi connectivity index (χ0n) is 17.9. The molecule has 1 aromatic heterocycles. The number of benzene rings is 1. The van der Waals surface area contributed by atoms with Crippen LogP contribution in [0.2, 0.25) is 0 Å². The number of aromatic nitrogens is 1. The normalized spacial score (nSPS) is 15.2. The summed E-state index contributed by atoms with van der Waals surface area (Å²) in [5, 5.41) is 0. The van der Waals surface area contributed by atoms with Crippen LogP contribution in [0.5, 0.6) is 5.75 Å². The highest BCUT2D eigenvalue weighted by Crippen LogP contribution is 2.22. The number of hydrogen-bond acceptors (Lipinski definition) is 6. The predicted octanol–water partition coefficient (Wildman–Crippen LogP) is 2.57. The molecule has 162 valence electrons. The fourth-order valence-electron chi connectivity index (χ4n) is 3.94. The highest BCUT2D eigenvalue weighted by atomic mass is 19.1. The number of Topliss-reactive ketones (excluding diaryl/α,β-unsaturated/α-hetero) is 1. The number of nitrogens with one attached hydrogen (secondary N) is 1. The van der Waals surface area contributed by atoms with Crippen LogP contribution in [0.15, 0.2) is 18.2 Å². The molecule has 0 unspecified atom stereocenters. The molecule has 0 aliphatic carbocycles. The molecule has 1 fully saturated rings. The van der Waals surface area contributed by atoms with Gasteiger partial charge in [-0.15, -0.1) is 0 Å². The number of rotatable bonds is 7. The van der Waals surface area contributed by atoms with Gasteiger partial charge in [-0.3, -0.25) is 14.6 Å². The molecular weight excluding hydrogens is 389 g/mol. The second kappa shape index (κ2) is 9.40. The lowest BCUT2D eigenvalue weighted by molar-refractivity contribution is 0.0599. The number of ketones is 1. The highest BCUT2D eigenvalue weighted by molar-refractivity contribution is 6.02. The van der Waals surface area contributed by atoms with E-state index < -0.39 is 5.97 Å². The van der Waals surface area contributed by atoms with Gasteiger partial charge in [0.2, 0.25) is 0 Å². The fraction of sp³-hybridized carbons (Fsp3) is 0.455. The summed E-state index contributed by atoms with van der Waals surface area (Å²) in [5.41, 5.74) is 2.96. The maximum absolute atomic E-state index is 13.6. The Hall–Kier alpha value is -2.71. The summed E-state index contributed by atoms with van der Waals surface area (Å²) in [6.45, 7) is 7.38. The van der Waals surface area contributed by atoms with Gasteiger partial charge in [-0.2, -0.15) is 0 Å². The summed E-state index contributed by atoms with van der Waals surface area (Å²) >= 11 is 0. The first-order valence-corrected chi connectivity index (χ1v) is 9.91. The van der Waals surface area contributed by atoms with Crippen molar-refractivity contribution in [3.63, 3.8) is 0 Å².